The average Bonchev–Trinajstić information content (AvgIpc) is 3.26. The van der Waals surface area contributed by atoms with Crippen LogP contribution in [0.3, 0.4) is 0 Å². The van der Waals surface area contributed by atoms with Crippen molar-refractivity contribution in [2.75, 3.05) is 38.2 Å². The number of nitrogens with one attached hydrogen (secondary N) is 1. The molecule has 2 aliphatic heterocycles. The van der Waals surface area contributed by atoms with Crippen molar-refractivity contribution in [1.82, 2.24) is 14.7 Å². The fourth-order valence-electron chi connectivity index (χ4n) is 3.38. The first-order valence-electron chi connectivity index (χ1n) is 8.51. The van der Waals surface area contributed by atoms with Crippen molar-refractivity contribution in [3.8, 4) is 11.5 Å². The van der Waals surface area contributed by atoms with Crippen LogP contribution in [-0.2, 0) is 16.5 Å². The highest BCUT2D eigenvalue weighted by molar-refractivity contribution is 5.89. The number of rotatable bonds is 2. The van der Waals surface area contributed by atoms with E-state index in [1.807, 2.05) is 17.0 Å². The Morgan fingerprint density at radius 3 is 2.92 bits per heavy atom. The highest BCUT2D eigenvalue weighted by atomic mass is 16.5. The first-order chi connectivity index (χ1) is 12.2. The summed E-state index contributed by atoms with van der Waals surface area (Å²) in [4.78, 5) is 14.5. The Kier molecular flexibility index (Phi) is 4.22. The maximum absolute atomic E-state index is 12.7. The number of carbonyl (C=O) groups is 1. The van der Waals surface area contributed by atoms with Crippen molar-refractivity contribution in [3.05, 3.63) is 24.5 Å². The van der Waals surface area contributed by atoms with Crippen LogP contribution in [0.5, 0.6) is 0 Å². The van der Waals surface area contributed by atoms with Crippen LogP contribution >= 0.6 is 0 Å². The monoisotopic (exact) mass is 346 g/mol. The largest absolute Gasteiger partial charge is 0.463 e. The van der Waals surface area contributed by atoms with E-state index in [2.05, 4.69) is 10.4 Å². The molecule has 2 aliphatic rings. The second kappa shape index (κ2) is 6.53. The molecule has 0 atom stereocenters. The highest BCUT2D eigenvalue weighted by Crippen LogP contribution is 2.29. The quantitative estimate of drug-likeness (QED) is 0.900. The van der Waals surface area contributed by atoms with Gasteiger partial charge >= 0.3 is 6.03 Å². The maximum atomic E-state index is 12.7. The number of amides is 2. The van der Waals surface area contributed by atoms with Crippen LogP contribution < -0.4 is 5.32 Å². The average molecular weight is 346 g/mol. The third-order valence-electron chi connectivity index (χ3n) is 4.83. The molecule has 4 rings (SSSR count). The summed E-state index contributed by atoms with van der Waals surface area (Å²) in [6.07, 6.45) is 3.25. The lowest BCUT2D eigenvalue weighted by Gasteiger charge is -2.44. The number of urea groups is 1. The molecule has 8 nitrogen and oxygen atoms in total. The lowest BCUT2D eigenvalue weighted by atomic mass is 9.92. The van der Waals surface area contributed by atoms with Gasteiger partial charge in [0, 0.05) is 45.7 Å². The van der Waals surface area contributed by atoms with E-state index >= 15 is 0 Å². The Balaban J connectivity index is 1.45. The fourth-order valence-corrected chi connectivity index (χ4v) is 3.38. The van der Waals surface area contributed by atoms with Crippen LogP contribution in [0.1, 0.15) is 12.8 Å². The lowest BCUT2D eigenvalue weighted by molar-refractivity contribution is -0.144. The van der Waals surface area contributed by atoms with Crippen molar-refractivity contribution in [3.63, 3.8) is 0 Å². The summed E-state index contributed by atoms with van der Waals surface area (Å²) in [6, 6.07) is 5.32. The number of anilines is 1. The van der Waals surface area contributed by atoms with E-state index < -0.39 is 0 Å². The summed E-state index contributed by atoms with van der Waals surface area (Å²) in [5.74, 6) is 1.30. The van der Waals surface area contributed by atoms with Gasteiger partial charge in [0.1, 0.15) is 11.5 Å². The van der Waals surface area contributed by atoms with E-state index in [-0.39, 0.29) is 11.6 Å². The van der Waals surface area contributed by atoms with Crippen LogP contribution in [0.15, 0.2) is 28.9 Å². The van der Waals surface area contributed by atoms with Crippen molar-refractivity contribution in [1.29, 1.82) is 0 Å². The van der Waals surface area contributed by atoms with Crippen LogP contribution in [0.2, 0.25) is 0 Å². The molecule has 0 aromatic carbocycles. The fraction of sp³-hybridized carbons (Fsp3) is 0.529. The molecule has 1 N–H and O–H groups in total. The van der Waals surface area contributed by atoms with Crippen LogP contribution in [0.4, 0.5) is 10.6 Å². The minimum Gasteiger partial charge on any atom is -0.463 e. The number of aromatic nitrogens is 2. The number of hydrogen-bond acceptors (Lipinski definition) is 5. The first kappa shape index (κ1) is 16.2. The zero-order chi connectivity index (χ0) is 17.3. The van der Waals surface area contributed by atoms with E-state index in [1.54, 1.807) is 24.1 Å². The molecular formula is C17H22N4O4. The summed E-state index contributed by atoms with van der Waals surface area (Å²) >= 11 is 0. The number of hydrogen-bond donors (Lipinski definition) is 1. The Bertz CT molecular complexity index is 728. The van der Waals surface area contributed by atoms with E-state index in [9.17, 15) is 4.79 Å². The predicted octanol–water partition coefficient (Wildman–Crippen LogP) is 2.09. The van der Waals surface area contributed by atoms with Gasteiger partial charge in [-0.3, -0.25) is 10.00 Å². The van der Waals surface area contributed by atoms with Crippen LogP contribution in [-0.4, -0.2) is 59.2 Å². The molecule has 2 amide bonds. The summed E-state index contributed by atoms with van der Waals surface area (Å²) in [5, 5.41) is 7.33. The predicted molar refractivity (Wildman–Crippen MR) is 90.2 cm³/mol. The van der Waals surface area contributed by atoms with Gasteiger partial charge in [0.05, 0.1) is 25.0 Å². The SMILES string of the molecule is Cn1nc(-c2ccco2)cc1NC(=O)N1CCOC2(CCOCC2)C1. The number of carbonyl (C=O) groups excluding carboxylic acids is 1. The van der Waals surface area contributed by atoms with Crippen molar-refractivity contribution < 1.29 is 18.7 Å². The molecule has 1 spiro atoms. The van der Waals surface area contributed by atoms with Gasteiger partial charge < -0.3 is 18.8 Å². The van der Waals surface area contributed by atoms with Crippen LogP contribution in [0, 0.1) is 0 Å². The Hall–Kier alpha value is -2.32. The summed E-state index contributed by atoms with van der Waals surface area (Å²) in [6.45, 7) is 3.09. The van der Waals surface area contributed by atoms with Gasteiger partial charge in [0.25, 0.3) is 0 Å². The maximum Gasteiger partial charge on any atom is 0.323 e. The Morgan fingerprint density at radius 2 is 2.16 bits per heavy atom. The molecule has 0 saturated carbocycles. The van der Waals surface area contributed by atoms with Crippen molar-refractivity contribution in [2.45, 2.75) is 18.4 Å². The van der Waals surface area contributed by atoms with Crippen LogP contribution in [0.25, 0.3) is 11.5 Å². The van der Waals surface area contributed by atoms with Gasteiger partial charge in [0.2, 0.25) is 0 Å². The molecule has 2 aromatic heterocycles. The number of ether oxygens (including phenoxy) is 2. The number of aryl methyl sites for hydroxylation is 1. The molecule has 0 radical (unpaired) electrons. The molecule has 2 fully saturated rings. The van der Waals surface area contributed by atoms with Gasteiger partial charge in [0.15, 0.2) is 5.76 Å². The van der Waals surface area contributed by atoms with Gasteiger partial charge in [-0.25, -0.2) is 4.79 Å². The van der Waals surface area contributed by atoms with E-state index in [1.165, 1.54) is 0 Å². The molecule has 0 unspecified atom stereocenters. The molecule has 8 heteroatoms. The third-order valence-corrected chi connectivity index (χ3v) is 4.83. The lowest BCUT2D eigenvalue weighted by Crippen LogP contribution is -2.56. The van der Waals surface area contributed by atoms with Gasteiger partial charge in [-0.1, -0.05) is 0 Å². The van der Waals surface area contributed by atoms with Crippen molar-refractivity contribution >= 4 is 11.8 Å². The number of furan rings is 1. The standard InChI is InChI=1S/C17H22N4O4/c1-20-15(11-13(19-20)14-3-2-7-24-14)18-16(22)21-6-10-25-17(12-21)4-8-23-9-5-17/h2-3,7,11H,4-6,8-10,12H2,1H3,(H,18,22). The Morgan fingerprint density at radius 1 is 1.32 bits per heavy atom. The zero-order valence-electron chi connectivity index (χ0n) is 14.2. The van der Waals surface area contributed by atoms with Gasteiger partial charge in [-0.05, 0) is 12.1 Å². The second-order valence-corrected chi connectivity index (χ2v) is 6.51. The summed E-state index contributed by atoms with van der Waals surface area (Å²) in [7, 11) is 1.79. The molecule has 25 heavy (non-hydrogen) atoms. The minimum atomic E-state index is -0.264. The first-order valence-corrected chi connectivity index (χ1v) is 8.51. The second-order valence-electron chi connectivity index (χ2n) is 6.51. The number of nitrogens with zero attached hydrogens (tertiary/aromatic N) is 3. The summed E-state index contributed by atoms with van der Waals surface area (Å²) < 4.78 is 18.4. The molecule has 2 aromatic rings. The molecule has 2 saturated heterocycles. The molecule has 134 valence electrons. The van der Waals surface area contributed by atoms with E-state index in [0.717, 1.165) is 12.8 Å². The molecule has 4 heterocycles. The smallest absolute Gasteiger partial charge is 0.323 e. The van der Waals surface area contributed by atoms with Gasteiger partial charge in [-0.2, -0.15) is 5.10 Å². The van der Waals surface area contributed by atoms with Gasteiger partial charge in [-0.15, -0.1) is 0 Å². The molecule has 0 aliphatic carbocycles. The van der Waals surface area contributed by atoms with E-state index in [4.69, 9.17) is 13.9 Å². The normalized spacial score (nSPS) is 20.0. The Labute approximate surface area is 145 Å². The third kappa shape index (κ3) is 3.27. The molecular weight excluding hydrogens is 324 g/mol. The molecule has 0 bridgehead atoms. The summed E-state index contributed by atoms with van der Waals surface area (Å²) in [5.41, 5.74) is 0.422. The van der Waals surface area contributed by atoms with Crippen molar-refractivity contribution in [2.24, 2.45) is 7.05 Å². The topological polar surface area (TPSA) is 81.8 Å². The minimum absolute atomic E-state index is 0.136. The highest BCUT2D eigenvalue weighted by Gasteiger charge is 2.39. The van der Waals surface area contributed by atoms with E-state index in [0.29, 0.717) is 50.2 Å². The number of morpholine rings is 1. The zero-order valence-corrected chi connectivity index (χ0v) is 14.2.